The van der Waals surface area contributed by atoms with Crippen LogP contribution in [0.1, 0.15) is 51.7 Å². The van der Waals surface area contributed by atoms with E-state index in [-0.39, 0.29) is 11.7 Å². The van der Waals surface area contributed by atoms with Crippen LogP contribution in [0.25, 0.3) is 0 Å². The molecular formula is C18H31FN2. The van der Waals surface area contributed by atoms with Gasteiger partial charge in [0.2, 0.25) is 0 Å². The highest BCUT2D eigenvalue weighted by molar-refractivity contribution is 5.26. The topological polar surface area (TPSA) is 6.48 Å². The molecule has 120 valence electrons. The summed E-state index contributed by atoms with van der Waals surface area (Å²) in [5, 5.41) is 0. The third-order valence-corrected chi connectivity index (χ3v) is 4.01. The fourth-order valence-electron chi connectivity index (χ4n) is 2.66. The minimum absolute atomic E-state index is 0.0558. The van der Waals surface area contributed by atoms with Crippen LogP contribution in [0.15, 0.2) is 18.2 Å². The van der Waals surface area contributed by atoms with Crippen LogP contribution in [0, 0.1) is 5.82 Å². The maximum Gasteiger partial charge on any atom is 0.126 e. The molecule has 0 radical (unpaired) electrons. The molecule has 1 aliphatic rings. The normalized spacial score (nSPS) is 16.7. The van der Waals surface area contributed by atoms with Gasteiger partial charge < -0.3 is 4.90 Å². The number of rotatable bonds is 4. The van der Waals surface area contributed by atoms with Gasteiger partial charge in [0.15, 0.2) is 0 Å². The molecule has 2 rings (SSSR count). The summed E-state index contributed by atoms with van der Waals surface area (Å²) in [6.45, 7) is 16.7. The zero-order chi connectivity index (χ0) is 15.8. The zero-order valence-electron chi connectivity index (χ0n) is 14.3. The Balaban J connectivity index is 0.00000106. The first-order chi connectivity index (χ1) is 10.1. The molecule has 21 heavy (non-hydrogen) atoms. The van der Waals surface area contributed by atoms with E-state index in [0.29, 0.717) is 0 Å². The largest absolute Gasteiger partial charge is 0.301 e. The van der Waals surface area contributed by atoms with Crippen molar-refractivity contribution in [1.29, 1.82) is 0 Å². The molecule has 0 spiro atoms. The molecule has 0 unspecified atom stereocenters. The predicted molar refractivity (Wildman–Crippen MR) is 89.2 cm³/mol. The predicted octanol–water partition coefficient (Wildman–Crippen LogP) is 4.11. The summed E-state index contributed by atoms with van der Waals surface area (Å²) in [7, 11) is 0. The Labute approximate surface area is 129 Å². The molecule has 0 bridgehead atoms. The number of halogens is 1. The van der Waals surface area contributed by atoms with Gasteiger partial charge in [-0.3, -0.25) is 4.90 Å². The number of benzene rings is 1. The Morgan fingerprint density at radius 2 is 1.62 bits per heavy atom. The molecule has 1 aliphatic heterocycles. The van der Waals surface area contributed by atoms with Crippen molar-refractivity contribution in [1.82, 2.24) is 9.80 Å². The molecule has 0 aliphatic carbocycles. The van der Waals surface area contributed by atoms with Gasteiger partial charge in [0.25, 0.3) is 0 Å². The van der Waals surface area contributed by atoms with E-state index in [1.54, 1.807) is 6.07 Å². The van der Waals surface area contributed by atoms with Crippen molar-refractivity contribution in [2.75, 3.05) is 32.7 Å². The summed E-state index contributed by atoms with van der Waals surface area (Å²) < 4.78 is 13.9. The molecule has 0 saturated carbocycles. The van der Waals surface area contributed by atoms with Crippen LogP contribution >= 0.6 is 0 Å². The van der Waals surface area contributed by atoms with Crippen molar-refractivity contribution in [2.24, 2.45) is 0 Å². The van der Waals surface area contributed by atoms with Crippen molar-refractivity contribution in [3.05, 3.63) is 35.1 Å². The number of nitrogens with zero attached hydrogens (tertiary/aromatic N) is 2. The molecule has 0 aromatic heterocycles. The lowest BCUT2D eigenvalue weighted by molar-refractivity contribution is 0.132. The molecule has 2 nitrogen and oxygen atoms in total. The first-order valence-corrected chi connectivity index (χ1v) is 8.33. The zero-order valence-corrected chi connectivity index (χ0v) is 14.3. The van der Waals surface area contributed by atoms with Crippen LogP contribution in [0.2, 0.25) is 0 Å². The maximum absolute atomic E-state index is 13.9. The van der Waals surface area contributed by atoms with E-state index in [4.69, 9.17) is 0 Å². The fraction of sp³-hybridized carbons (Fsp3) is 0.667. The van der Waals surface area contributed by atoms with Gasteiger partial charge in [-0.2, -0.15) is 0 Å². The molecular weight excluding hydrogens is 263 g/mol. The van der Waals surface area contributed by atoms with Gasteiger partial charge in [-0.25, -0.2) is 4.39 Å². The van der Waals surface area contributed by atoms with Gasteiger partial charge in [0, 0.05) is 32.7 Å². The minimum atomic E-state index is -0.0558. The maximum atomic E-state index is 13.9. The average molecular weight is 294 g/mol. The number of likely N-dealkylation sites (N-methyl/N-ethyl adjacent to an activating group) is 1. The van der Waals surface area contributed by atoms with E-state index in [1.807, 2.05) is 33.8 Å². The lowest BCUT2D eigenvalue weighted by atomic mass is 10.0. The van der Waals surface area contributed by atoms with Gasteiger partial charge in [0.1, 0.15) is 5.82 Å². The van der Waals surface area contributed by atoms with Crippen LogP contribution in [-0.2, 0) is 6.54 Å². The molecule has 1 fully saturated rings. The number of hydrogen-bond acceptors (Lipinski definition) is 2. The number of hydrogen-bond donors (Lipinski definition) is 0. The third kappa shape index (κ3) is 5.40. The van der Waals surface area contributed by atoms with Gasteiger partial charge in [0.05, 0.1) is 0 Å². The lowest BCUT2D eigenvalue weighted by Gasteiger charge is -2.34. The molecule has 1 heterocycles. The Hall–Kier alpha value is -0.930. The summed E-state index contributed by atoms with van der Waals surface area (Å²) in [6, 6.07) is 5.73. The van der Waals surface area contributed by atoms with E-state index in [2.05, 4.69) is 22.8 Å². The average Bonchev–Trinajstić information content (AvgIpc) is 2.50. The van der Waals surface area contributed by atoms with Gasteiger partial charge >= 0.3 is 0 Å². The van der Waals surface area contributed by atoms with Crippen LogP contribution < -0.4 is 0 Å². The Morgan fingerprint density at radius 3 is 2.10 bits per heavy atom. The van der Waals surface area contributed by atoms with Crippen molar-refractivity contribution in [2.45, 2.75) is 47.1 Å². The van der Waals surface area contributed by atoms with E-state index in [1.165, 1.54) is 0 Å². The second-order valence-corrected chi connectivity index (χ2v) is 5.72. The second kappa shape index (κ2) is 9.16. The van der Waals surface area contributed by atoms with Gasteiger partial charge in [-0.1, -0.05) is 46.8 Å². The van der Waals surface area contributed by atoms with Crippen LogP contribution in [-0.4, -0.2) is 42.5 Å². The van der Waals surface area contributed by atoms with Crippen molar-refractivity contribution in [3.63, 3.8) is 0 Å². The quantitative estimate of drug-likeness (QED) is 0.824. The first-order valence-electron chi connectivity index (χ1n) is 8.33. The summed E-state index contributed by atoms with van der Waals surface area (Å²) in [6.07, 6.45) is 0. The Bertz CT molecular complexity index is 410. The molecule has 1 aromatic rings. The van der Waals surface area contributed by atoms with E-state index < -0.39 is 0 Å². The monoisotopic (exact) mass is 294 g/mol. The van der Waals surface area contributed by atoms with Crippen molar-refractivity contribution < 1.29 is 4.39 Å². The highest BCUT2D eigenvalue weighted by Gasteiger charge is 2.16. The van der Waals surface area contributed by atoms with Gasteiger partial charge in [-0.05, 0) is 29.7 Å². The molecule has 1 saturated heterocycles. The summed E-state index contributed by atoms with van der Waals surface area (Å²) in [4.78, 5) is 4.87. The van der Waals surface area contributed by atoms with E-state index >= 15 is 0 Å². The SMILES string of the molecule is CC.CCN1CCN(Cc2ccc(C(C)C)c(F)c2)CC1. The highest BCUT2D eigenvalue weighted by Crippen LogP contribution is 2.20. The van der Waals surface area contributed by atoms with E-state index in [9.17, 15) is 4.39 Å². The second-order valence-electron chi connectivity index (χ2n) is 5.72. The molecule has 3 heteroatoms. The number of piperazine rings is 1. The van der Waals surface area contributed by atoms with Crippen LogP contribution in [0.5, 0.6) is 0 Å². The smallest absolute Gasteiger partial charge is 0.126 e. The molecule has 0 amide bonds. The lowest BCUT2D eigenvalue weighted by Crippen LogP contribution is -2.45. The Kier molecular flexibility index (Phi) is 7.91. The highest BCUT2D eigenvalue weighted by atomic mass is 19.1. The third-order valence-electron chi connectivity index (χ3n) is 4.01. The standard InChI is InChI=1S/C16H25FN2.C2H6/c1-4-18-7-9-19(10-8-18)12-14-5-6-15(13(2)3)16(17)11-14;1-2/h5-6,11,13H,4,7-10,12H2,1-3H3;1-2H3. The van der Waals surface area contributed by atoms with E-state index in [0.717, 1.165) is 50.4 Å². The van der Waals surface area contributed by atoms with Crippen molar-refractivity contribution >= 4 is 0 Å². The summed E-state index contributed by atoms with van der Waals surface area (Å²) in [5.74, 6) is 0.196. The summed E-state index contributed by atoms with van der Waals surface area (Å²) >= 11 is 0. The molecule has 0 atom stereocenters. The van der Waals surface area contributed by atoms with Crippen molar-refractivity contribution in [3.8, 4) is 0 Å². The Morgan fingerprint density at radius 1 is 1.05 bits per heavy atom. The molecule has 0 N–H and O–H groups in total. The fourth-order valence-corrected chi connectivity index (χ4v) is 2.66. The molecule has 1 aromatic carbocycles. The minimum Gasteiger partial charge on any atom is -0.301 e. The van der Waals surface area contributed by atoms with Gasteiger partial charge in [-0.15, -0.1) is 0 Å². The van der Waals surface area contributed by atoms with Crippen LogP contribution in [0.4, 0.5) is 4.39 Å². The first kappa shape index (κ1) is 18.1. The summed E-state index contributed by atoms with van der Waals surface area (Å²) in [5.41, 5.74) is 1.91. The van der Waals surface area contributed by atoms with Crippen LogP contribution in [0.3, 0.4) is 0 Å².